The zero-order chi connectivity index (χ0) is 6.69. The molecule has 56 valence electrons. The molecule has 0 aromatic rings. The van der Waals surface area contributed by atoms with Gasteiger partial charge in [-0.05, 0) is 0 Å². The van der Waals surface area contributed by atoms with E-state index in [1.165, 1.54) is 12.8 Å². The number of hydrogen-bond acceptors (Lipinski definition) is 1. The Labute approximate surface area is 65.0 Å². The van der Waals surface area contributed by atoms with Crippen molar-refractivity contribution in [2.75, 3.05) is 20.8 Å². The normalized spacial score (nSPS) is 32.7. The molecule has 1 heterocycles. The van der Waals surface area contributed by atoms with E-state index in [1.807, 2.05) is 0 Å². The van der Waals surface area contributed by atoms with Gasteiger partial charge in [0, 0.05) is 0 Å². The molecule has 0 aliphatic carbocycles. The average Bonchev–Trinajstić information content (AvgIpc) is 1.88. The van der Waals surface area contributed by atoms with E-state index in [1.54, 1.807) is 8.86 Å². The van der Waals surface area contributed by atoms with Crippen LogP contribution in [-0.4, -0.2) is 26.9 Å². The Balaban J connectivity index is 2.23. The van der Waals surface area contributed by atoms with Crippen LogP contribution in [0.1, 0.15) is 12.8 Å². The predicted octanol–water partition coefficient (Wildman–Crippen LogP) is 1.50. The maximum atomic E-state index is 3.37. The Hall–Kier alpha value is 0.690. The van der Waals surface area contributed by atoms with E-state index in [0.717, 1.165) is 6.04 Å². The zero-order valence-electron chi connectivity index (χ0n) is 6.28. The van der Waals surface area contributed by atoms with Crippen LogP contribution in [0, 0.1) is 0 Å². The molecule has 1 rings (SSSR count). The Bertz CT molecular complexity index is 85.0. The van der Waals surface area contributed by atoms with Crippen molar-refractivity contribution in [3.05, 3.63) is 0 Å². The van der Waals surface area contributed by atoms with E-state index in [0.29, 0.717) is 0 Å². The van der Waals surface area contributed by atoms with Crippen LogP contribution in [0.4, 0.5) is 0 Å². The van der Waals surface area contributed by atoms with Gasteiger partial charge in [-0.25, -0.2) is 0 Å². The van der Waals surface area contributed by atoms with Crippen molar-refractivity contribution in [3.63, 3.8) is 0 Å². The third-order valence-corrected chi connectivity index (χ3v) is 7.04. The molecule has 1 atom stereocenters. The van der Waals surface area contributed by atoms with Crippen molar-refractivity contribution < 1.29 is 0 Å². The SMILES string of the molecule is CNC1CCCI(C)C1. The van der Waals surface area contributed by atoms with Crippen LogP contribution in [0.15, 0.2) is 0 Å². The third kappa shape index (κ3) is 2.42. The molecule has 1 fully saturated rings. The summed E-state index contributed by atoms with van der Waals surface area (Å²) in [5, 5.41) is 3.37. The van der Waals surface area contributed by atoms with E-state index < -0.39 is 0 Å². The molecule has 0 amide bonds. The van der Waals surface area contributed by atoms with Crippen molar-refractivity contribution in [2.45, 2.75) is 18.9 Å². The molecule has 2 heteroatoms. The van der Waals surface area contributed by atoms with Crippen molar-refractivity contribution in [1.82, 2.24) is 5.32 Å². The number of hydrogen-bond donors (Lipinski definition) is 1. The van der Waals surface area contributed by atoms with Gasteiger partial charge < -0.3 is 0 Å². The van der Waals surface area contributed by atoms with Gasteiger partial charge in [-0.15, -0.1) is 0 Å². The Morgan fingerprint density at radius 2 is 2.33 bits per heavy atom. The van der Waals surface area contributed by atoms with Crippen LogP contribution < -0.4 is 5.32 Å². The van der Waals surface area contributed by atoms with Gasteiger partial charge in [0.15, 0.2) is 0 Å². The molecule has 1 N–H and O–H groups in total. The van der Waals surface area contributed by atoms with E-state index in [2.05, 4.69) is 17.3 Å². The summed E-state index contributed by atoms with van der Waals surface area (Å²) in [5.41, 5.74) is 0. The van der Waals surface area contributed by atoms with E-state index in [9.17, 15) is 0 Å². The van der Waals surface area contributed by atoms with Gasteiger partial charge in [-0.1, -0.05) is 0 Å². The fourth-order valence-corrected chi connectivity index (χ4v) is 6.12. The minimum absolute atomic E-state index is 0.385. The van der Waals surface area contributed by atoms with Crippen molar-refractivity contribution >= 4 is 19.8 Å². The Kier molecular flexibility index (Phi) is 3.26. The first-order valence-corrected chi connectivity index (χ1v) is 8.73. The summed E-state index contributed by atoms with van der Waals surface area (Å²) in [5.74, 6) is 0. The molecular formula is C7H16IN. The van der Waals surface area contributed by atoms with Crippen LogP contribution in [0.3, 0.4) is 0 Å². The standard InChI is InChI=1S/C7H16IN/c1-8-5-3-4-7(6-8)9-2/h7,9H,3-6H2,1-2H3. The third-order valence-electron chi connectivity index (χ3n) is 1.87. The molecule has 0 aromatic heterocycles. The summed E-state index contributed by atoms with van der Waals surface area (Å²) < 4.78 is 3.14. The predicted molar refractivity (Wildman–Crippen MR) is 51.8 cm³/mol. The van der Waals surface area contributed by atoms with Gasteiger partial charge in [0.25, 0.3) is 0 Å². The first kappa shape index (κ1) is 7.79. The first-order valence-electron chi connectivity index (χ1n) is 3.52. The summed E-state index contributed by atoms with van der Waals surface area (Å²) >= 11 is -0.385. The van der Waals surface area contributed by atoms with Gasteiger partial charge in [-0.2, -0.15) is 0 Å². The number of nitrogens with one attached hydrogen (secondary N) is 1. The summed E-state index contributed by atoms with van der Waals surface area (Å²) in [6, 6.07) is 0.883. The average molecular weight is 241 g/mol. The van der Waals surface area contributed by atoms with Gasteiger partial charge in [0.2, 0.25) is 0 Å². The van der Waals surface area contributed by atoms with Gasteiger partial charge >= 0.3 is 64.9 Å². The molecule has 9 heavy (non-hydrogen) atoms. The monoisotopic (exact) mass is 241 g/mol. The van der Waals surface area contributed by atoms with Crippen LogP contribution in [0.5, 0.6) is 0 Å². The minimum atomic E-state index is -0.385. The zero-order valence-corrected chi connectivity index (χ0v) is 8.44. The topological polar surface area (TPSA) is 12.0 Å². The van der Waals surface area contributed by atoms with Gasteiger partial charge in [0.1, 0.15) is 0 Å². The maximum absolute atomic E-state index is 3.37. The molecule has 0 saturated carbocycles. The molecule has 1 nitrogen and oxygen atoms in total. The van der Waals surface area contributed by atoms with E-state index >= 15 is 0 Å². The van der Waals surface area contributed by atoms with Crippen molar-refractivity contribution in [1.29, 1.82) is 0 Å². The summed E-state index contributed by atoms with van der Waals surface area (Å²) in [7, 11) is 2.10. The van der Waals surface area contributed by atoms with Crippen LogP contribution in [0.25, 0.3) is 0 Å². The quantitative estimate of drug-likeness (QED) is 0.542. The van der Waals surface area contributed by atoms with E-state index in [4.69, 9.17) is 0 Å². The molecule has 0 spiro atoms. The molecule has 1 aliphatic heterocycles. The Morgan fingerprint density at radius 3 is 2.78 bits per heavy atom. The fraction of sp³-hybridized carbons (Fsp3) is 1.00. The molecule has 1 aliphatic rings. The van der Waals surface area contributed by atoms with E-state index in [-0.39, 0.29) is 19.8 Å². The summed E-state index contributed by atoms with van der Waals surface area (Å²) in [6.45, 7) is 0. The van der Waals surface area contributed by atoms with Crippen molar-refractivity contribution in [3.8, 4) is 0 Å². The number of rotatable bonds is 1. The Morgan fingerprint density at radius 1 is 1.56 bits per heavy atom. The molecule has 1 unspecified atom stereocenters. The summed E-state index contributed by atoms with van der Waals surface area (Å²) in [4.78, 5) is 2.51. The molecule has 1 saturated heterocycles. The molecule has 0 radical (unpaired) electrons. The molecule has 0 aromatic carbocycles. The first-order chi connectivity index (χ1) is 4.33. The van der Waals surface area contributed by atoms with Gasteiger partial charge in [-0.3, -0.25) is 0 Å². The second-order valence-corrected chi connectivity index (χ2v) is 8.78. The van der Waals surface area contributed by atoms with Crippen LogP contribution >= 0.6 is 19.8 Å². The second kappa shape index (κ2) is 3.76. The molecule has 0 bridgehead atoms. The van der Waals surface area contributed by atoms with Crippen LogP contribution in [0.2, 0.25) is 0 Å². The number of halogens is 1. The summed E-state index contributed by atoms with van der Waals surface area (Å²) in [6.07, 6.45) is 2.92. The van der Waals surface area contributed by atoms with Crippen LogP contribution in [-0.2, 0) is 0 Å². The number of alkyl halides is 3. The van der Waals surface area contributed by atoms with Crippen molar-refractivity contribution in [2.24, 2.45) is 0 Å². The molecular weight excluding hydrogens is 225 g/mol. The second-order valence-electron chi connectivity index (χ2n) is 2.69. The fourth-order valence-electron chi connectivity index (χ4n) is 1.25. The van der Waals surface area contributed by atoms with Gasteiger partial charge in [0.05, 0.1) is 0 Å².